The second-order valence-corrected chi connectivity index (χ2v) is 7.32. The number of ether oxygens (including phenoxy) is 2. The van der Waals surface area contributed by atoms with Crippen molar-refractivity contribution in [2.75, 3.05) is 17.2 Å². The van der Waals surface area contributed by atoms with Gasteiger partial charge >= 0.3 is 0 Å². The number of para-hydroxylation sites is 1. The van der Waals surface area contributed by atoms with Gasteiger partial charge in [0.25, 0.3) is 11.8 Å². The fraction of sp³-hybridized carbons (Fsp3) is 0.167. The normalized spacial score (nSPS) is 11.3. The predicted octanol–water partition coefficient (Wildman–Crippen LogP) is 5.07. The van der Waals surface area contributed by atoms with Crippen molar-refractivity contribution in [2.24, 2.45) is 0 Å². The topological polar surface area (TPSA) is 76.7 Å². The summed E-state index contributed by atoms with van der Waals surface area (Å²) in [5.41, 5.74) is 2.23. The van der Waals surface area contributed by atoms with E-state index in [0.717, 1.165) is 5.56 Å². The lowest BCUT2D eigenvalue weighted by Gasteiger charge is -2.15. The van der Waals surface area contributed by atoms with E-state index in [1.807, 2.05) is 25.1 Å². The molecule has 2 N–H and O–H groups in total. The first-order chi connectivity index (χ1) is 14.9. The van der Waals surface area contributed by atoms with Crippen LogP contribution in [0, 0.1) is 6.92 Å². The largest absolute Gasteiger partial charge is 0.484 e. The fourth-order valence-electron chi connectivity index (χ4n) is 2.72. The van der Waals surface area contributed by atoms with Crippen molar-refractivity contribution >= 4 is 34.8 Å². The molecule has 0 bridgehead atoms. The summed E-state index contributed by atoms with van der Waals surface area (Å²) in [5.74, 6) is 0.488. The van der Waals surface area contributed by atoms with E-state index in [9.17, 15) is 9.59 Å². The van der Waals surface area contributed by atoms with Crippen LogP contribution >= 0.6 is 11.6 Å². The number of benzene rings is 3. The van der Waals surface area contributed by atoms with E-state index in [2.05, 4.69) is 10.6 Å². The second-order valence-electron chi connectivity index (χ2n) is 6.91. The third kappa shape index (κ3) is 6.76. The molecule has 3 aromatic carbocycles. The van der Waals surface area contributed by atoms with E-state index in [1.165, 1.54) is 0 Å². The lowest BCUT2D eigenvalue weighted by Crippen LogP contribution is -2.30. The molecule has 0 aliphatic carbocycles. The highest BCUT2D eigenvalue weighted by atomic mass is 35.5. The molecule has 1 atom stereocenters. The van der Waals surface area contributed by atoms with Gasteiger partial charge in [-0.1, -0.05) is 35.9 Å². The Morgan fingerprint density at radius 3 is 2.29 bits per heavy atom. The van der Waals surface area contributed by atoms with Crippen LogP contribution in [0.1, 0.15) is 12.5 Å². The number of halogens is 1. The van der Waals surface area contributed by atoms with Crippen LogP contribution in [-0.2, 0) is 9.59 Å². The van der Waals surface area contributed by atoms with Crippen molar-refractivity contribution in [3.63, 3.8) is 0 Å². The Labute approximate surface area is 186 Å². The van der Waals surface area contributed by atoms with Crippen LogP contribution in [0.25, 0.3) is 0 Å². The highest BCUT2D eigenvalue weighted by Crippen LogP contribution is 2.24. The Kier molecular flexibility index (Phi) is 7.51. The first-order valence-electron chi connectivity index (χ1n) is 9.72. The molecule has 0 saturated carbocycles. The van der Waals surface area contributed by atoms with Crippen LogP contribution in [0.2, 0.25) is 5.02 Å². The molecule has 0 spiro atoms. The van der Waals surface area contributed by atoms with Gasteiger partial charge in [0.1, 0.15) is 11.5 Å². The quantitative estimate of drug-likeness (QED) is 0.514. The zero-order valence-electron chi connectivity index (χ0n) is 17.2. The maximum Gasteiger partial charge on any atom is 0.265 e. The van der Waals surface area contributed by atoms with Crippen molar-refractivity contribution in [1.29, 1.82) is 0 Å². The molecule has 31 heavy (non-hydrogen) atoms. The minimum absolute atomic E-state index is 0.0984. The van der Waals surface area contributed by atoms with Crippen molar-refractivity contribution in [3.05, 3.63) is 83.4 Å². The maximum atomic E-state index is 12.4. The van der Waals surface area contributed by atoms with Gasteiger partial charge in [-0.2, -0.15) is 0 Å². The summed E-state index contributed by atoms with van der Waals surface area (Å²) < 4.78 is 11.1. The van der Waals surface area contributed by atoms with Gasteiger partial charge in [0.05, 0.1) is 5.02 Å². The number of hydrogen-bond donors (Lipinski definition) is 2. The number of amides is 2. The number of rotatable bonds is 8. The van der Waals surface area contributed by atoms with E-state index in [-0.39, 0.29) is 18.4 Å². The molecule has 7 heteroatoms. The molecule has 0 aliphatic rings. The minimum atomic E-state index is -0.738. The van der Waals surface area contributed by atoms with Crippen LogP contribution in [0.4, 0.5) is 11.4 Å². The van der Waals surface area contributed by atoms with Gasteiger partial charge in [-0.05, 0) is 67.9 Å². The summed E-state index contributed by atoms with van der Waals surface area (Å²) >= 11 is 6.06. The smallest absolute Gasteiger partial charge is 0.265 e. The molecule has 1 unspecified atom stereocenters. The van der Waals surface area contributed by atoms with E-state index in [4.69, 9.17) is 21.1 Å². The predicted molar refractivity (Wildman–Crippen MR) is 122 cm³/mol. The van der Waals surface area contributed by atoms with Crippen molar-refractivity contribution in [1.82, 2.24) is 0 Å². The summed E-state index contributed by atoms with van der Waals surface area (Å²) in [5, 5.41) is 5.96. The molecular formula is C24H23ClN2O4. The Bertz CT molecular complexity index is 1050. The van der Waals surface area contributed by atoms with Gasteiger partial charge in [-0.3, -0.25) is 9.59 Å². The molecule has 0 aromatic heterocycles. The average molecular weight is 439 g/mol. The number of nitrogens with one attached hydrogen (secondary N) is 2. The fourth-order valence-corrected chi connectivity index (χ4v) is 2.90. The zero-order valence-corrected chi connectivity index (χ0v) is 18.0. The second kappa shape index (κ2) is 10.5. The van der Waals surface area contributed by atoms with Gasteiger partial charge < -0.3 is 20.1 Å². The Balaban J connectivity index is 1.48. The third-order valence-corrected chi connectivity index (χ3v) is 4.62. The molecule has 0 aliphatic heterocycles. The maximum absolute atomic E-state index is 12.4. The Morgan fingerprint density at radius 1 is 0.935 bits per heavy atom. The first-order valence-corrected chi connectivity index (χ1v) is 10.1. The minimum Gasteiger partial charge on any atom is -0.484 e. The zero-order chi connectivity index (χ0) is 22.2. The van der Waals surface area contributed by atoms with Gasteiger partial charge in [0, 0.05) is 11.4 Å². The summed E-state index contributed by atoms with van der Waals surface area (Å²) in [7, 11) is 0. The molecular weight excluding hydrogens is 416 g/mol. The molecule has 3 rings (SSSR count). The molecule has 2 amide bonds. The molecule has 160 valence electrons. The molecule has 0 fully saturated rings. The van der Waals surface area contributed by atoms with Gasteiger partial charge in [0.15, 0.2) is 12.7 Å². The van der Waals surface area contributed by atoms with Crippen LogP contribution in [0.5, 0.6) is 11.5 Å². The lowest BCUT2D eigenvalue weighted by molar-refractivity contribution is -0.122. The number of anilines is 2. The molecule has 0 radical (unpaired) electrons. The van der Waals surface area contributed by atoms with Crippen LogP contribution in [-0.4, -0.2) is 24.5 Å². The summed E-state index contributed by atoms with van der Waals surface area (Å²) in [6, 6.07) is 21.2. The Hall–Kier alpha value is -3.51. The first kappa shape index (κ1) is 22.2. The number of aryl methyl sites for hydroxylation is 1. The molecule has 0 heterocycles. The Morgan fingerprint density at radius 2 is 1.61 bits per heavy atom. The number of carbonyl (C=O) groups is 2. The standard InChI is InChI=1S/C24H23ClN2O4/c1-16-6-5-7-20(14-16)30-15-23(28)26-18-10-12-19(13-11-18)27-24(29)17(2)31-22-9-4-3-8-21(22)25/h3-14,17H,15H2,1-2H3,(H,26,28)(H,27,29). The molecule has 6 nitrogen and oxygen atoms in total. The van der Waals surface area contributed by atoms with Crippen molar-refractivity contribution in [3.8, 4) is 11.5 Å². The van der Waals surface area contributed by atoms with Crippen LogP contribution < -0.4 is 20.1 Å². The van der Waals surface area contributed by atoms with E-state index < -0.39 is 6.10 Å². The molecule has 0 saturated heterocycles. The van der Waals surface area contributed by atoms with Gasteiger partial charge in [0.2, 0.25) is 0 Å². The lowest BCUT2D eigenvalue weighted by atomic mass is 10.2. The SMILES string of the molecule is Cc1cccc(OCC(=O)Nc2ccc(NC(=O)C(C)Oc3ccccc3Cl)cc2)c1. The summed E-state index contributed by atoms with van der Waals surface area (Å²) in [6.07, 6.45) is -0.738. The summed E-state index contributed by atoms with van der Waals surface area (Å²) in [6.45, 7) is 3.50. The average Bonchev–Trinajstić information content (AvgIpc) is 2.75. The number of carbonyl (C=O) groups excluding carboxylic acids is 2. The highest BCUT2D eigenvalue weighted by Gasteiger charge is 2.16. The summed E-state index contributed by atoms with van der Waals surface area (Å²) in [4.78, 5) is 24.5. The van der Waals surface area contributed by atoms with Gasteiger partial charge in [-0.15, -0.1) is 0 Å². The van der Waals surface area contributed by atoms with Crippen molar-refractivity contribution < 1.29 is 19.1 Å². The third-order valence-electron chi connectivity index (χ3n) is 4.31. The van der Waals surface area contributed by atoms with E-state index in [1.54, 1.807) is 61.5 Å². The van der Waals surface area contributed by atoms with E-state index in [0.29, 0.717) is 27.9 Å². The van der Waals surface area contributed by atoms with Crippen LogP contribution in [0.15, 0.2) is 72.8 Å². The van der Waals surface area contributed by atoms with E-state index >= 15 is 0 Å². The van der Waals surface area contributed by atoms with Crippen molar-refractivity contribution in [2.45, 2.75) is 20.0 Å². The number of hydrogen-bond acceptors (Lipinski definition) is 4. The van der Waals surface area contributed by atoms with Gasteiger partial charge in [-0.25, -0.2) is 0 Å². The highest BCUT2D eigenvalue weighted by molar-refractivity contribution is 6.32. The van der Waals surface area contributed by atoms with Crippen LogP contribution in [0.3, 0.4) is 0 Å². The monoisotopic (exact) mass is 438 g/mol. The molecule has 3 aromatic rings.